The molecule has 4 rings (SSSR count). The van der Waals surface area contributed by atoms with Gasteiger partial charge in [0.25, 0.3) is 5.91 Å². The molecule has 0 aliphatic rings. The minimum absolute atomic E-state index is 0.0589. The number of hydrogen-bond donors (Lipinski definition) is 1. The lowest BCUT2D eigenvalue weighted by Crippen LogP contribution is -2.40. The van der Waals surface area contributed by atoms with Crippen molar-refractivity contribution in [3.05, 3.63) is 111 Å². The molecule has 0 saturated carbocycles. The van der Waals surface area contributed by atoms with Crippen molar-refractivity contribution in [3.63, 3.8) is 0 Å². The third-order valence-electron chi connectivity index (χ3n) is 6.39. The van der Waals surface area contributed by atoms with Gasteiger partial charge in [0.1, 0.15) is 5.82 Å². The van der Waals surface area contributed by atoms with Gasteiger partial charge in [-0.05, 0) is 54.8 Å². The zero-order chi connectivity index (χ0) is 27.2. The highest BCUT2D eigenvalue weighted by atomic mass is 35.5. The van der Waals surface area contributed by atoms with Crippen LogP contribution in [0.25, 0.3) is 11.3 Å². The summed E-state index contributed by atoms with van der Waals surface area (Å²) in [5, 5.41) is 1.38. The number of carbonyl (C=O) groups is 1. The minimum Gasteiger partial charge on any atom is -0.330 e. The molecule has 0 aliphatic carbocycles. The average molecular weight is 570 g/mol. The number of imidazole rings is 1. The Hall–Kier alpha value is -2.83. The maximum atomic E-state index is 14.0. The number of nitrogens with two attached hydrogens (primary N) is 1. The van der Waals surface area contributed by atoms with E-state index in [1.165, 1.54) is 0 Å². The van der Waals surface area contributed by atoms with E-state index in [1.807, 2.05) is 53.6 Å². The first-order chi connectivity index (χ1) is 18.3. The first-order valence-corrected chi connectivity index (χ1v) is 13.7. The first-order valence-electron chi connectivity index (χ1n) is 12.6. The zero-order valence-corrected chi connectivity index (χ0v) is 23.7. The van der Waals surface area contributed by atoms with Crippen molar-refractivity contribution in [1.82, 2.24) is 14.5 Å². The Labute approximate surface area is 239 Å². The van der Waals surface area contributed by atoms with Crippen LogP contribution in [-0.4, -0.2) is 33.4 Å². The summed E-state index contributed by atoms with van der Waals surface area (Å²) in [7, 11) is 0. The predicted molar refractivity (Wildman–Crippen MR) is 157 cm³/mol. The Morgan fingerprint density at radius 1 is 0.974 bits per heavy atom. The zero-order valence-electron chi connectivity index (χ0n) is 21.4. The van der Waals surface area contributed by atoms with Crippen molar-refractivity contribution in [2.24, 2.45) is 11.7 Å². The van der Waals surface area contributed by atoms with Crippen LogP contribution in [0.5, 0.6) is 0 Å². The summed E-state index contributed by atoms with van der Waals surface area (Å²) < 4.78 is 2.13. The van der Waals surface area contributed by atoms with Gasteiger partial charge in [-0.2, -0.15) is 0 Å². The van der Waals surface area contributed by atoms with Crippen LogP contribution in [0.15, 0.2) is 79.0 Å². The Bertz CT molecular complexity index is 1390. The van der Waals surface area contributed by atoms with Gasteiger partial charge >= 0.3 is 0 Å². The fourth-order valence-electron chi connectivity index (χ4n) is 4.58. The van der Waals surface area contributed by atoms with E-state index in [0.717, 1.165) is 22.6 Å². The van der Waals surface area contributed by atoms with E-state index in [4.69, 9.17) is 45.5 Å². The number of hydrogen-bond acceptors (Lipinski definition) is 3. The smallest absolute Gasteiger partial charge is 0.254 e. The molecule has 0 radical (unpaired) electrons. The Kier molecular flexibility index (Phi) is 9.50. The molecule has 5 nitrogen and oxygen atoms in total. The predicted octanol–water partition coefficient (Wildman–Crippen LogP) is 7.75. The number of benzene rings is 3. The largest absolute Gasteiger partial charge is 0.330 e. The molecule has 1 unspecified atom stereocenters. The molecular formula is C30H31Cl3N4O. The molecule has 1 atom stereocenters. The molecule has 198 valence electrons. The lowest BCUT2D eigenvalue weighted by molar-refractivity contribution is 0.0604. The summed E-state index contributed by atoms with van der Waals surface area (Å²) in [6.45, 7) is 5.75. The first kappa shape index (κ1) is 28.2. The molecule has 0 spiro atoms. The van der Waals surface area contributed by atoms with Gasteiger partial charge in [-0.15, -0.1) is 0 Å². The van der Waals surface area contributed by atoms with Crippen molar-refractivity contribution < 1.29 is 4.79 Å². The van der Waals surface area contributed by atoms with E-state index in [9.17, 15) is 4.79 Å². The average Bonchev–Trinajstić information content (AvgIpc) is 3.31. The Morgan fingerprint density at radius 2 is 1.74 bits per heavy atom. The summed E-state index contributed by atoms with van der Waals surface area (Å²) in [5.74, 6) is 0.710. The minimum atomic E-state index is -0.319. The second kappa shape index (κ2) is 12.8. The molecule has 38 heavy (non-hydrogen) atoms. The molecule has 1 amide bonds. The normalized spacial score (nSPS) is 12.1. The molecule has 0 saturated heterocycles. The van der Waals surface area contributed by atoms with Crippen LogP contribution in [-0.2, 0) is 6.54 Å². The number of carbonyl (C=O) groups excluding carboxylic acids is 1. The lowest BCUT2D eigenvalue weighted by Gasteiger charge is -2.34. The van der Waals surface area contributed by atoms with Gasteiger partial charge in [0.2, 0.25) is 0 Å². The van der Waals surface area contributed by atoms with E-state index in [1.54, 1.807) is 18.2 Å². The third kappa shape index (κ3) is 6.59. The van der Waals surface area contributed by atoms with Crippen molar-refractivity contribution in [1.29, 1.82) is 0 Å². The van der Waals surface area contributed by atoms with Crippen LogP contribution in [0, 0.1) is 5.92 Å². The fourth-order valence-corrected chi connectivity index (χ4v) is 5.07. The third-order valence-corrected chi connectivity index (χ3v) is 7.36. The van der Waals surface area contributed by atoms with Gasteiger partial charge in [-0.25, -0.2) is 4.98 Å². The fraction of sp³-hybridized carbons (Fsp3) is 0.267. The maximum Gasteiger partial charge on any atom is 0.254 e. The van der Waals surface area contributed by atoms with Crippen LogP contribution in [0.2, 0.25) is 15.1 Å². The molecule has 2 N–H and O–H groups in total. The molecule has 0 aliphatic heterocycles. The monoisotopic (exact) mass is 568 g/mol. The number of nitrogens with zero attached hydrogens (tertiary/aromatic N) is 3. The van der Waals surface area contributed by atoms with Crippen molar-refractivity contribution in [3.8, 4) is 11.3 Å². The molecule has 1 aromatic heterocycles. The van der Waals surface area contributed by atoms with Crippen molar-refractivity contribution in [2.45, 2.75) is 32.9 Å². The highest BCUT2D eigenvalue weighted by Gasteiger charge is 2.32. The Morgan fingerprint density at radius 3 is 2.39 bits per heavy atom. The molecule has 0 fully saturated rings. The quantitative estimate of drug-likeness (QED) is 0.212. The molecule has 3 aromatic carbocycles. The van der Waals surface area contributed by atoms with Crippen LogP contribution in [0.1, 0.15) is 48.1 Å². The van der Waals surface area contributed by atoms with Gasteiger partial charge in [0, 0.05) is 35.4 Å². The van der Waals surface area contributed by atoms with E-state index in [0.29, 0.717) is 46.7 Å². The van der Waals surface area contributed by atoms with E-state index in [-0.39, 0.29) is 17.9 Å². The molecule has 0 bridgehead atoms. The van der Waals surface area contributed by atoms with Crippen LogP contribution in [0.4, 0.5) is 0 Å². The molecule has 8 heteroatoms. The van der Waals surface area contributed by atoms with Gasteiger partial charge in [0.15, 0.2) is 0 Å². The Balaban J connectivity index is 1.83. The molecular weight excluding hydrogens is 539 g/mol. The summed E-state index contributed by atoms with van der Waals surface area (Å²) in [4.78, 5) is 20.9. The van der Waals surface area contributed by atoms with Gasteiger partial charge in [-0.3, -0.25) is 4.79 Å². The second-order valence-corrected chi connectivity index (χ2v) is 10.8. The standard InChI is InChI=1S/C30H31Cl3N4O/c1-20(2)28(37(15-7-14-34)30(38)23-12-13-25(32)26(33)17-23)29-35-27(22-10-6-11-24(31)16-22)19-36(29)18-21-8-4-3-5-9-21/h3-6,8-13,16-17,19-20,28H,7,14-15,18,34H2,1-2H3. The van der Waals surface area contributed by atoms with Crippen molar-refractivity contribution >= 4 is 40.7 Å². The van der Waals surface area contributed by atoms with Crippen LogP contribution >= 0.6 is 34.8 Å². The highest BCUT2D eigenvalue weighted by molar-refractivity contribution is 6.42. The van der Waals surface area contributed by atoms with Crippen LogP contribution < -0.4 is 5.73 Å². The van der Waals surface area contributed by atoms with Gasteiger partial charge in [0.05, 0.1) is 21.8 Å². The number of rotatable bonds is 10. The number of halogens is 3. The van der Waals surface area contributed by atoms with Gasteiger partial charge < -0.3 is 15.2 Å². The maximum absolute atomic E-state index is 14.0. The SMILES string of the molecule is CC(C)C(c1nc(-c2cccc(Cl)c2)cn1Cc1ccccc1)N(CCCN)C(=O)c1ccc(Cl)c(Cl)c1. The van der Waals surface area contributed by atoms with E-state index >= 15 is 0 Å². The second-order valence-electron chi connectivity index (χ2n) is 9.57. The number of aromatic nitrogens is 2. The number of amides is 1. The van der Waals surface area contributed by atoms with Crippen molar-refractivity contribution in [2.75, 3.05) is 13.1 Å². The summed E-state index contributed by atoms with van der Waals surface area (Å²) in [6.07, 6.45) is 2.69. The molecule has 4 aromatic rings. The van der Waals surface area contributed by atoms with E-state index in [2.05, 4.69) is 30.5 Å². The van der Waals surface area contributed by atoms with Gasteiger partial charge in [-0.1, -0.05) is 91.1 Å². The lowest BCUT2D eigenvalue weighted by atomic mass is 9.99. The summed E-state index contributed by atoms with van der Waals surface area (Å²) in [5.41, 5.74) is 9.21. The van der Waals surface area contributed by atoms with Crippen LogP contribution in [0.3, 0.4) is 0 Å². The highest BCUT2D eigenvalue weighted by Crippen LogP contribution is 2.34. The summed E-state index contributed by atoms with van der Waals surface area (Å²) >= 11 is 18.7. The summed E-state index contributed by atoms with van der Waals surface area (Å²) in [6, 6.07) is 22.5. The molecule has 1 heterocycles. The van der Waals surface area contributed by atoms with E-state index < -0.39 is 0 Å². The topological polar surface area (TPSA) is 64.2 Å².